The normalized spacial score (nSPS) is 13.8. The van der Waals surface area contributed by atoms with Crippen LogP contribution in [0.2, 0.25) is 0 Å². The average molecular weight is 357 g/mol. The largest absolute Gasteiger partial charge is 0.485 e. The number of carbonyl (C=O) groups is 1. The van der Waals surface area contributed by atoms with Gasteiger partial charge in [0.25, 0.3) is 0 Å². The Kier molecular flexibility index (Phi) is 3.87. The Balaban J connectivity index is 1.70. The number of aromatic nitrogens is 2. The van der Waals surface area contributed by atoms with Crippen LogP contribution in [0.15, 0.2) is 41.5 Å². The third-order valence-corrected chi connectivity index (χ3v) is 3.99. The smallest absolute Gasteiger partial charge is 0.334 e. The summed E-state index contributed by atoms with van der Waals surface area (Å²) >= 11 is 0. The van der Waals surface area contributed by atoms with Gasteiger partial charge in [0.05, 0.1) is 11.3 Å². The summed E-state index contributed by atoms with van der Waals surface area (Å²) < 4.78 is 39.9. The van der Waals surface area contributed by atoms with Gasteiger partial charge in [0.1, 0.15) is 30.5 Å². The number of fused-ring (bicyclic) bond motifs is 1. The number of esters is 1. The van der Waals surface area contributed by atoms with Crippen LogP contribution in [0.1, 0.15) is 17.0 Å². The van der Waals surface area contributed by atoms with Crippen LogP contribution in [0.5, 0.6) is 5.75 Å². The summed E-state index contributed by atoms with van der Waals surface area (Å²) in [5.41, 5.74) is 1.40. The van der Waals surface area contributed by atoms with Crippen LogP contribution in [-0.4, -0.2) is 27.8 Å². The predicted octanol–water partition coefficient (Wildman–Crippen LogP) is 2.80. The lowest BCUT2D eigenvalue weighted by Crippen LogP contribution is -2.10. The van der Waals surface area contributed by atoms with E-state index in [0.717, 1.165) is 0 Å². The molecule has 4 rings (SSSR count). The molecule has 0 spiro atoms. The lowest BCUT2D eigenvalue weighted by molar-refractivity contribution is -0.132. The van der Waals surface area contributed by atoms with Crippen molar-refractivity contribution < 1.29 is 23.0 Å². The van der Waals surface area contributed by atoms with Crippen molar-refractivity contribution >= 4 is 17.5 Å². The molecule has 26 heavy (non-hydrogen) atoms. The Morgan fingerprint density at radius 3 is 2.69 bits per heavy atom. The number of imidazole rings is 1. The predicted molar refractivity (Wildman–Crippen MR) is 88.1 cm³/mol. The van der Waals surface area contributed by atoms with E-state index in [4.69, 9.17) is 9.47 Å². The first kappa shape index (κ1) is 16.2. The van der Waals surface area contributed by atoms with Crippen LogP contribution in [0.4, 0.5) is 8.78 Å². The molecule has 2 aromatic heterocycles. The Hall–Kier alpha value is -3.29. The number of aryl methyl sites for hydroxylation is 1. The van der Waals surface area contributed by atoms with Gasteiger partial charge in [-0.3, -0.25) is 4.40 Å². The zero-order valence-electron chi connectivity index (χ0n) is 13.7. The first-order chi connectivity index (χ1) is 12.5. The van der Waals surface area contributed by atoms with Gasteiger partial charge in [-0.15, -0.1) is 0 Å². The standard InChI is InChI=1S/C18H13F2N3O3/c1-10-16(18-21-8-15(24)26-18)23-7-3-6-14(17(23)22-10)25-9-11-12(19)4-2-5-13(11)20/h2-7H,8-9H2,1H3. The lowest BCUT2D eigenvalue weighted by Gasteiger charge is -2.09. The van der Waals surface area contributed by atoms with Gasteiger partial charge < -0.3 is 9.47 Å². The van der Waals surface area contributed by atoms with Gasteiger partial charge in [-0.2, -0.15) is 0 Å². The van der Waals surface area contributed by atoms with Crippen LogP contribution in [0, 0.1) is 18.6 Å². The molecule has 3 aromatic rings. The molecule has 6 nitrogen and oxygen atoms in total. The Labute approximate surface area is 146 Å². The molecule has 0 N–H and O–H groups in total. The molecule has 0 fully saturated rings. The quantitative estimate of drug-likeness (QED) is 0.674. The van der Waals surface area contributed by atoms with E-state index in [-0.39, 0.29) is 24.6 Å². The molecule has 1 aliphatic heterocycles. The van der Waals surface area contributed by atoms with Gasteiger partial charge in [-0.25, -0.2) is 23.6 Å². The van der Waals surface area contributed by atoms with Gasteiger partial charge in [0, 0.05) is 6.20 Å². The Bertz CT molecular complexity index is 1040. The van der Waals surface area contributed by atoms with Crippen molar-refractivity contribution in [2.75, 3.05) is 6.54 Å². The van der Waals surface area contributed by atoms with Crippen molar-refractivity contribution in [1.29, 1.82) is 0 Å². The van der Waals surface area contributed by atoms with Gasteiger partial charge >= 0.3 is 5.97 Å². The summed E-state index contributed by atoms with van der Waals surface area (Å²) in [5.74, 6) is -1.25. The number of halogens is 2. The summed E-state index contributed by atoms with van der Waals surface area (Å²) in [7, 11) is 0. The second-order valence-corrected chi connectivity index (χ2v) is 5.70. The monoisotopic (exact) mass is 357 g/mol. The van der Waals surface area contributed by atoms with E-state index >= 15 is 0 Å². The number of nitrogens with zero attached hydrogens (tertiary/aromatic N) is 3. The van der Waals surface area contributed by atoms with Crippen molar-refractivity contribution in [3.8, 4) is 5.75 Å². The molecular formula is C18H13F2N3O3. The molecule has 1 aromatic carbocycles. The maximum atomic E-state index is 13.8. The molecular weight excluding hydrogens is 344 g/mol. The highest BCUT2D eigenvalue weighted by Crippen LogP contribution is 2.25. The van der Waals surface area contributed by atoms with E-state index < -0.39 is 17.6 Å². The van der Waals surface area contributed by atoms with Crippen molar-refractivity contribution in [3.63, 3.8) is 0 Å². The molecule has 3 heterocycles. The minimum absolute atomic E-state index is 0.0369. The number of rotatable bonds is 4. The maximum Gasteiger partial charge on any atom is 0.334 e. The van der Waals surface area contributed by atoms with Crippen LogP contribution >= 0.6 is 0 Å². The average Bonchev–Trinajstić information content (AvgIpc) is 3.17. The van der Waals surface area contributed by atoms with Crippen molar-refractivity contribution in [3.05, 3.63) is 65.1 Å². The molecule has 0 bridgehead atoms. The highest BCUT2D eigenvalue weighted by atomic mass is 19.1. The fourth-order valence-corrected chi connectivity index (χ4v) is 2.78. The SMILES string of the molecule is Cc1nc2c(OCc3c(F)cccc3F)cccn2c1C1=NCC(=O)O1. The number of carbonyl (C=O) groups excluding carboxylic acids is 1. The Morgan fingerprint density at radius 1 is 1.23 bits per heavy atom. The fourth-order valence-electron chi connectivity index (χ4n) is 2.78. The van der Waals surface area contributed by atoms with E-state index in [2.05, 4.69) is 9.98 Å². The molecule has 0 aliphatic carbocycles. The summed E-state index contributed by atoms with van der Waals surface area (Å²) in [6, 6.07) is 6.98. The number of aliphatic imine (C=N–C) groups is 1. The highest BCUT2D eigenvalue weighted by molar-refractivity contribution is 6.05. The maximum absolute atomic E-state index is 13.8. The van der Waals surface area contributed by atoms with Gasteiger partial charge in [-0.05, 0) is 31.2 Å². The zero-order chi connectivity index (χ0) is 18.3. The summed E-state index contributed by atoms with van der Waals surface area (Å²) in [4.78, 5) is 19.8. The highest BCUT2D eigenvalue weighted by Gasteiger charge is 2.24. The minimum atomic E-state index is -0.676. The molecule has 0 atom stereocenters. The molecule has 0 saturated carbocycles. The molecule has 1 aliphatic rings. The van der Waals surface area contributed by atoms with E-state index in [1.54, 1.807) is 29.7 Å². The number of hydrogen-bond donors (Lipinski definition) is 0. The van der Waals surface area contributed by atoms with E-state index in [1.807, 2.05) is 0 Å². The van der Waals surface area contributed by atoms with E-state index in [1.165, 1.54) is 18.2 Å². The van der Waals surface area contributed by atoms with Crippen molar-refractivity contribution in [2.24, 2.45) is 4.99 Å². The molecule has 0 saturated heterocycles. The second kappa shape index (κ2) is 6.21. The number of pyridine rings is 1. The van der Waals surface area contributed by atoms with Gasteiger partial charge in [0.15, 0.2) is 11.4 Å². The van der Waals surface area contributed by atoms with Crippen molar-refractivity contribution in [2.45, 2.75) is 13.5 Å². The number of cyclic esters (lactones) is 1. The first-order valence-electron chi connectivity index (χ1n) is 7.83. The minimum Gasteiger partial charge on any atom is -0.485 e. The van der Waals surface area contributed by atoms with Crippen LogP contribution in [-0.2, 0) is 16.1 Å². The molecule has 0 unspecified atom stereocenters. The Morgan fingerprint density at radius 2 is 2.00 bits per heavy atom. The summed E-state index contributed by atoms with van der Waals surface area (Å²) in [6.07, 6.45) is 1.72. The number of ether oxygens (including phenoxy) is 2. The van der Waals surface area contributed by atoms with Crippen LogP contribution in [0.3, 0.4) is 0 Å². The van der Waals surface area contributed by atoms with Gasteiger partial charge in [0.2, 0.25) is 5.90 Å². The van der Waals surface area contributed by atoms with E-state index in [0.29, 0.717) is 22.8 Å². The topological polar surface area (TPSA) is 65.2 Å². The molecule has 0 amide bonds. The van der Waals surface area contributed by atoms with E-state index in [9.17, 15) is 13.6 Å². The third kappa shape index (κ3) is 2.69. The number of benzene rings is 1. The summed E-state index contributed by atoms with van der Waals surface area (Å²) in [5, 5.41) is 0. The second-order valence-electron chi connectivity index (χ2n) is 5.70. The lowest BCUT2D eigenvalue weighted by atomic mass is 10.2. The first-order valence-corrected chi connectivity index (χ1v) is 7.83. The summed E-state index contributed by atoms with van der Waals surface area (Å²) in [6.45, 7) is 1.43. The fraction of sp³-hybridized carbons (Fsp3) is 0.167. The van der Waals surface area contributed by atoms with Crippen LogP contribution < -0.4 is 4.74 Å². The van der Waals surface area contributed by atoms with Crippen LogP contribution in [0.25, 0.3) is 5.65 Å². The third-order valence-electron chi connectivity index (χ3n) is 3.99. The molecule has 132 valence electrons. The van der Waals surface area contributed by atoms with Gasteiger partial charge in [-0.1, -0.05) is 6.07 Å². The zero-order valence-corrected chi connectivity index (χ0v) is 13.7. The molecule has 8 heteroatoms. The van der Waals surface area contributed by atoms with Crippen molar-refractivity contribution in [1.82, 2.24) is 9.38 Å². The molecule has 0 radical (unpaired) electrons. The number of hydrogen-bond acceptors (Lipinski definition) is 5.